The smallest absolute Gasteiger partial charge is 0.141 e. The first-order chi connectivity index (χ1) is 8.68. The van der Waals surface area contributed by atoms with Gasteiger partial charge >= 0.3 is 0 Å². The molecule has 1 aromatic heterocycles. The zero-order valence-electron chi connectivity index (χ0n) is 11.3. The first-order valence-corrected chi connectivity index (χ1v) is 6.95. The molecule has 0 amide bonds. The van der Waals surface area contributed by atoms with E-state index in [4.69, 9.17) is 0 Å². The molecular formula is C13H24N4O. The summed E-state index contributed by atoms with van der Waals surface area (Å²) in [4.78, 5) is 4.27. The van der Waals surface area contributed by atoms with Gasteiger partial charge < -0.3 is 10.4 Å². The zero-order valence-corrected chi connectivity index (χ0v) is 11.3. The number of hydrogen-bond donors (Lipinski definition) is 2. The molecule has 2 rings (SSSR count). The molecule has 1 aliphatic carbocycles. The summed E-state index contributed by atoms with van der Waals surface area (Å²) in [5.74, 6) is 1.37. The highest BCUT2D eigenvalue weighted by molar-refractivity contribution is 4.86. The van der Waals surface area contributed by atoms with E-state index in [-0.39, 0.29) is 6.10 Å². The van der Waals surface area contributed by atoms with Crippen LogP contribution < -0.4 is 5.32 Å². The molecule has 1 heterocycles. The Hall–Kier alpha value is -0.940. The predicted octanol–water partition coefficient (Wildman–Crippen LogP) is 1.50. The molecule has 2 atom stereocenters. The number of aliphatic hydroxyl groups is 1. The Bertz CT molecular complexity index is 364. The van der Waals surface area contributed by atoms with Crippen LogP contribution in [0.4, 0.5) is 0 Å². The van der Waals surface area contributed by atoms with E-state index < -0.39 is 0 Å². The second kappa shape index (κ2) is 6.29. The van der Waals surface area contributed by atoms with Crippen LogP contribution in [-0.2, 0) is 6.54 Å². The predicted molar refractivity (Wildman–Crippen MR) is 70.1 cm³/mol. The van der Waals surface area contributed by atoms with Gasteiger partial charge in [-0.15, -0.1) is 0 Å². The largest absolute Gasteiger partial charge is 0.393 e. The summed E-state index contributed by atoms with van der Waals surface area (Å²) in [7, 11) is 0. The van der Waals surface area contributed by atoms with E-state index in [2.05, 4.69) is 29.2 Å². The summed E-state index contributed by atoms with van der Waals surface area (Å²) < 4.78 is 1.93. The van der Waals surface area contributed by atoms with Gasteiger partial charge in [0.25, 0.3) is 0 Å². The van der Waals surface area contributed by atoms with Crippen LogP contribution in [-0.4, -0.2) is 32.5 Å². The summed E-state index contributed by atoms with van der Waals surface area (Å²) in [6.45, 7) is 5.79. The number of aliphatic hydroxyl groups excluding tert-OH is 1. The Morgan fingerprint density at radius 2 is 2.22 bits per heavy atom. The van der Waals surface area contributed by atoms with Crippen molar-refractivity contribution in [3.8, 4) is 0 Å². The van der Waals surface area contributed by atoms with Crippen LogP contribution in [0, 0.1) is 5.92 Å². The number of rotatable bonds is 5. The fourth-order valence-corrected chi connectivity index (χ4v) is 2.63. The lowest BCUT2D eigenvalue weighted by Gasteiger charge is -2.27. The molecule has 0 radical (unpaired) electrons. The quantitative estimate of drug-likeness (QED) is 0.833. The average molecular weight is 252 g/mol. The van der Waals surface area contributed by atoms with Gasteiger partial charge in [-0.1, -0.05) is 12.8 Å². The van der Waals surface area contributed by atoms with Crippen molar-refractivity contribution in [2.45, 2.75) is 58.2 Å². The van der Waals surface area contributed by atoms with Crippen LogP contribution in [0.3, 0.4) is 0 Å². The van der Waals surface area contributed by atoms with Crippen LogP contribution in [0.25, 0.3) is 0 Å². The van der Waals surface area contributed by atoms with Crippen LogP contribution in [0.15, 0.2) is 6.33 Å². The summed E-state index contributed by atoms with van der Waals surface area (Å²) in [5.41, 5.74) is 0. The molecule has 5 heteroatoms. The van der Waals surface area contributed by atoms with Crippen molar-refractivity contribution in [1.82, 2.24) is 20.1 Å². The van der Waals surface area contributed by atoms with E-state index in [9.17, 15) is 5.11 Å². The third-order valence-corrected chi connectivity index (χ3v) is 3.69. The molecule has 1 aliphatic rings. The lowest BCUT2D eigenvalue weighted by Crippen LogP contribution is -2.34. The number of aromatic nitrogens is 3. The van der Waals surface area contributed by atoms with E-state index in [0.717, 1.165) is 31.8 Å². The third kappa shape index (κ3) is 3.29. The Balaban J connectivity index is 1.79. The average Bonchev–Trinajstić information content (AvgIpc) is 2.80. The molecule has 0 bridgehead atoms. The van der Waals surface area contributed by atoms with Crippen molar-refractivity contribution in [2.75, 3.05) is 6.54 Å². The van der Waals surface area contributed by atoms with Gasteiger partial charge in [0.15, 0.2) is 0 Å². The van der Waals surface area contributed by atoms with Crippen molar-refractivity contribution in [1.29, 1.82) is 0 Å². The maximum Gasteiger partial charge on any atom is 0.141 e. The Morgan fingerprint density at radius 3 is 2.94 bits per heavy atom. The van der Waals surface area contributed by atoms with Crippen molar-refractivity contribution < 1.29 is 5.11 Å². The van der Waals surface area contributed by atoms with Gasteiger partial charge in [0.05, 0.1) is 12.6 Å². The van der Waals surface area contributed by atoms with Gasteiger partial charge in [0.2, 0.25) is 0 Å². The maximum atomic E-state index is 9.90. The summed E-state index contributed by atoms with van der Waals surface area (Å²) in [6, 6.07) is 0.338. The molecule has 1 fully saturated rings. The number of nitrogens with one attached hydrogen (secondary N) is 1. The van der Waals surface area contributed by atoms with E-state index in [1.165, 1.54) is 12.8 Å². The molecule has 5 nitrogen and oxygen atoms in total. The number of hydrogen-bond acceptors (Lipinski definition) is 4. The minimum Gasteiger partial charge on any atom is -0.393 e. The van der Waals surface area contributed by atoms with Crippen molar-refractivity contribution in [3.05, 3.63) is 12.2 Å². The zero-order chi connectivity index (χ0) is 13.0. The van der Waals surface area contributed by atoms with Crippen molar-refractivity contribution >= 4 is 0 Å². The fraction of sp³-hybridized carbons (Fsp3) is 0.846. The van der Waals surface area contributed by atoms with E-state index >= 15 is 0 Å². The first-order valence-electron chi connectivity index (χ1n) is 6.95. The van der Waals surface area contributed by atoms with Crippen molar-refractivity contribution in [3.63, 3.8) is 0 Å². The molecule has 2 N–H and O–H groups in total. The Kier molecular flexibility index (Phi) is 4.72. The lowest BCUT2D eigenvalue weighted by atomic mass is 9.86. The topological polar surface area (TPSA) is 63.0 Å². The van der Waals surface area contributed by atoms with Gasteiger partial charge in [-0.05, 0) is 32.6 Å². The normalized spacial score (nSPS) is 24.7. The van der Waals surface area contributed by atoms with Crippen LogP contribution in [0.1, 0.15) is 51.4 Å². The molecule has 1 aromatic rings. The maximum absolute atomic E-state index is 9.90. The second-order valence-electron chi connectivity index (χ2n) is 5.46. The summed E-state index contributed by atoms with van der Waals surface area (Å²) >= 11 is 0. The Labute approximate surface area is 109 Å². The van der Waals surface area contributed by atoms with Gasteiger partial charge in [-0.2, -0.15) is 5.10 Å². The highest BCUT2D eigenvalue weighted by Gasteiger charge is 2.22. The van der Waals surface area contributed by atoms with E-state index in [0.29, 0.717) is 12.0 Å². The third-order valence-electron chi connectivity index (χ3n) is 3.69. The highest BCUT2D eigenvalue weighted by Crippen LogP contribution is 2.23. The van der Waals surface area contributed by atoms with Crippen LogP contribution in [0.2, 0.25) is 0 Å². The Morgan fingerprint density at radius 1 is 1.44 bits per heavy atom. The highest BCUT2D eigenvalue weighted by atomic mass is 16.3. The molecule has 102 valence electrons. The molecule has 1 saturated carbocycles. The molecule has 2 unspecified atom stereocenters. The van der Waals surface area contributed by atoms with Crippen LogP contribution in [0.5, 0.6) is 0 Å². The van der Waals surface area contributed by atoms with Gasteiger partial charge in [-0.25, -0.2) is 9.67 Å². The van der Waals surface area contributed by atoms with Crippen LogP contribution >= 0.6 is 0 Å². The number of nitrogens with zero attached hydrogens (tertiary/aromatic N) is 3. The molecule has 0 aliphatic heterocycles. The second-order valence-corrected chi connectivity index (χ2v) is 5.46. The van der Waals surface area contributed by atoms with E-state index in [1.807, 2.05) is 4.68 Å². The molecular weight excluding hydrogens is 228 g/mol. The lowest BCUT2D eigenvalue weighted by molar-refractivity contribution is 0.0693. The molecule has 0 saturated heterocycles. The van der Waals surface area contributed by atoms with Crippen molar-refractivity contribution in [2.24, 2.45) is 5.92 Å². The van der Waals surface area contributed by atoms with E-state index in [1.54, 1.807) is 6.33 Å². The monoisotopic (exact) mass is 252 g/mol. The van der Waals surface area contributed by atoms with Gasteiger partial charge in [0, 0.05) is 12.6 Å². The molecule has 0 aromatic carbocycles. The minimum absolute atomic E-state index is 0.130. The standard InChI is InChI=1S/C13H24N4O/c1-10(2)17-13(15-9-16-17)8-14-7-11-5-3-4-6-12(11)18/h9-12,14,18H,3-8H2,1-2H3. The minimum atomic E-state index is -0.130. The SMILES string of the molecule is CC(C)n1ncnc1CNCC1CCCCC1O. The first kappa shape index (κ1) is 13.5. The fourth-order valence-electron chi connectivity index (χ4n) is 2.63. The summed E-state index contributed by atoms with van der Waals surface area (Å²) in [6.07, 6.45) is 5.96. The molecule has 0 spiro atoms. The molecule has 18 heavy (non-hydrogen) atoms. The summed E-state index contributed by atoms with van der Waals surface area (Å²) in [5, 5.41) is 17.5. The van der Waals surface area contributed by atoms with Gasteiger partial charge in [-0.3, -0.25) is 0 Å². The van der Waals surface area contributed by atoms with Gasteiger partial charge in [0.1, 0.15) is 12.2 Å².